The zero-order chi connectivity index (χ0) is 8.65. The van der Waals surface area contributed by atoms with E-state index in [1.54, 1.807) is 0 Å². The summed E-state index contributed by atoms with van der Waals surface area (Å²) in [4.78, 5) is -0.127. The highest BCUT2D eigenvalue weighted by Crippen LogP contribution is 2.17. The molecule has 0 aliphatic heterocycles. The highest BCUT2D eigenvalue weighted by atomic mass is 32.2. The number of nitrogens with zero attached hydrogens (tertiary/aromatic N) is 1. The molecule has 0 unspecified atom stereocenters. The van der Waals surface area contributed by atoms with Gasteiger partial charge in [0.15, 0.2) is 5.76 Å². The Morgan fingerprint density at radius 2 is 2.00 bits per heavy atom. The molecule has 0 atom stereocenters. The molecule has 0 aromatic carbocycles. The molecule has 1 heterocycles. The van der Waals surface area contributed by atoms with Crippen LogP contribution in [0.25, 0.3) is 0 Å². The second kappa shape index (κ2) is 2.31. The third-order valence-electron chi connectivity index (χ3n) is 1.24. The molecule has 0 amide bonds. The molecule has 0 aliphatic rings. The van der Waals surface area contributed by atoms with Gasteiger partial charge in [-0.3, -0.25) is 0 Å². The van der Waals surface area contributed by atoms with Gasteiger partial charge in [-0.15, -0.1) is 5.14 Å². The van der Waals surface area contributed by atoms with E-state index in [0.29, 0.717) is 0 Å². The Labute approximate surface area is 64.2 Å². The van der Waals surface area contributed by atoms with E-state index in [1.165, 1.54) is 13.8 Å². The summed E-state index contributed by atoms with van der Waals surface area (Å²) in [7, 11) is -3.93. The van der Waals surface area contributed by atoms with Crippen LogP contribution in [-0.2, 0) is 10.0 Å². The molecule has 0 spiro atoms. The number of rotatable bonds is 1. The van der Waals surface area contributed by atoms with E-state index in [9.17, 15) is 8.42 Å². The van der Waals surface area contributed by atoms with Crippen LogP contribution in [0.4, 0.5) is 0 Å². The van der Waals surface area contributed by atoms with Crippen LogP contribution in [0.15, 0.2) is 9.42 Å². The van der Waals surface area contributed by atoms with Gasteiger partial charge in [-0.05, 0) is 13.8 Å². The smallest absolute Gasteiger partial charge is 0.259 e. The number of hydrogen-bond acceptors (Lipinski definition) is 4. The lowest BCUT2D eigenvalue weighted by Crippen LogP contribution is -2.02. The summed E-state index contributed by atoms with van der Waals surface area (Å²) in [6.07, 6.45) is 0. The molecule has 1 N–H and O–H groups in total. The van der Waals surface area contributed by atoms with Crippen molar-refractivity contribution in [1.29, 1.82) is 0 Å². The zero-order valence-corrected chi connectivity index (χ0v) is 6.90. The summed E-state index contributed by atoms with van der Waals surface area (Å²) in [6, 6.07) is 0. The molecular formula is C5H7N2O3S. The molecule has 1 rings (SSSR count). The first kappa shape index (κ1) is 8.22. The summed E-state index contributed by atoms with van der Waals surface area (Å²) in [6.45, 7) is 2.94. The Kier molecular flexibility index (Phi) is 1.73. The van der Waals surface area contributed by atoms with E-state index in [1.807, 2.05) is 0 Å². The topological polar surface area (TPSA) is 84.0 Å². The second-order valence-electron chi connectivity index (χ2n) is 2.16. The predicted molar refractivity (Wildman–Crippen MR) is 36.3 cm³/mol. The molecule has 0 fully saturated rings. The summed E-state index contributed by atoms with van der Waals surface area (Å²) >= 11 is 0. The van der Waals surface area contributed by atoms with Crippen molar-refractivity contribution >= 4 is 10.0 Å². The maximum Gasteiger partial charge on any atom is 0.259 e. The molecule has 0 aliphatic carbocycles. The summed E-state index contributed by atoms with van der Waals surface area (Å²) in [5.74, 6) is 0.164. The molecule has 61 valence electrons. The quantitative estimate of drug-likeness (QED) is 0.612. The third kappa shape index (κ3) is 1.41. The van der Waals surface area contributed by atoms with E-state index in [2.05, 4.69) is 9.68 Å². The van der Waals surface area contributed by atoms with Crippen LogP contribution < -0.4 is 5.14 Å². The monoisotopic (exact) mass is 175 g/mol. The van der Waals surface area contributed by atoms with Gasteiger partial charge in [0.25, 0.3) is 10.0 Å². The lowest BCUT2D eigenvalue weighted by molar-refractivity contribution is 0.390. The molecular weight excluding hydrogens is 168 g/mol. The van der Waals surface area contributed by atoms with Crippen molar-refractivity contribution in [3.05, 3.63) is 11.5 Å². The molecule has 1 aromatic rings. The fraction of sp³-hybridized carbons (Fsp3) is 0.400. The highest BCUT2D eigenvalue weighted by Gasteiger charge is 2.20. The molecule has 1 aromatic heterocycles. The van der Waals surface area contributed by atoms with E-state index < -0.39 is 10.0 Å². The van der Waals surface area contributed by atoms with Gasteiger partial charge in [-0.25, -0.2) is 8.42 Å². The number of aryl methyl sites for hydroxylation is 2. The average Bonchev–Trinajstić information content (AvgIpc) is 2.08. The van der Waals surface area contributed by atoms with Gasteiger partial charge >= 0.3 is 0 Å². The van der Waals surface area contributed by atoms with E-state index in [0.717, 1.165) is 0 Å². The lowest BCUT2D eigenvalue weighted by Gasteiger charge is -1.91. The van der Waals surface area contributed by atoms with Crippen LogP contribution in [0.5, 0.6) is 0 Å². The number of nitrogens with one attached hydrogen (secondary N) is 1. The number of aromatic nitrogens is 1. The summed E-state index contributed by atoms with van der Waals surface area (Å²) < 4.78 is 26.0. The number of hydrogen-bond donors (Lipinski definition) is 0. The first-order chi connectivity index (χ1) is 4.93. The van der Waals surface area contributed by atoms with Crippen molar-refractivity contribution in [1.82, 2.24) is 10.3 Å². The van der Waals surface area contributed by atoms with E-state index in [-0.39, 0.29) is 16.3 Å². The Balaban J connectivity index is 3.45. The Bertz CT molecular complexity index is 346. The summed E-state index contributed by atoms with van der Waals surface area (Å²) in [5, 5.41) is 10.2. The van der Waals surface area contributed by atoms with Crippen molar-refractivity contribution in [3.8, 4) is 0 Å². The molecule has 0 saturated heterocycles. The minimum absolute atomic E-state index is 0.127. The standard InChI is InChI=1S/C5H7N2O3S/c1-3-5(11(6,8)9)4(2)10-7-3/h6H,1-2H3. The van der Waals surface area contributed by atoms with Crippen LogP contribution in [0.3, 0.4) is 0 Å². The van der Waals surface area contributed by atoms with Crippen molar-refractivity contribution < 1.29 is 12.9 Å². The largest absolute Gasteiger partial charge is 0.360 e. The van der Waals surface area contributed by atoms with Crippen LogP contribution in [0.2, 0.25) is 0 Å². The summed E-state index contributed by atoms with van der Waals surface area (Å²) in [5.41, 5.74) is 0.234. The molecule has 6 heteroatoms. The van der Waals surface area contributed by atoms with Crippen LogP contribution in [0, 0.1) is 13.8 Å². The van der Waals surface area contributed by atoms with Gasteiger partial charge in [0.2, 0.25) is 0 Å². The zero-order valence-electron chi connectivity index (χ0n) is 6.08. The predicted octanol–water partition coefficient (Wildman–Crippen LogP) is 0.263. The van der Waals surface area contributed by atoms with Gasteiger partial charge in [-0.1, -0.05) is 5.16 Å². The van der Waals surface area contributed by atoms with E-state index in [4.69, 9.17) is 5.14 Å². The average molecular weight is 175 g/mol. The Morgan fingerprint density at radius 1 is 1.45 bits per heavy atom. The maximum atomic E-state index is 10.7. The second-order valence-corrected chi connectivity index (χ2v) is 3.57. The van der Waals surface area contributed by atoms with Gasteiger partial charge in [0.05, 0.1) is 0 Å². The number of sulfonamides is 1. The minimum atomic E-state index is -3.93. The fourth-order valence-corrected chi connectivity index (χ4v) is 1.70. The SMILES string of the molecule is Cc1noc(C)c1S([NH])(=O)=O. The Morgan fingerprint density at radius 3 is 2.18 bits per heavy atom. The normalized spacial score (nSPS) is 11.9. The molecule has 1 radical (unpaired) electrons. The first-order valence-corrected chi connectivity index (χ1v) is 4.34. The fourth-order valence-electron chi connectivity index (χ4n) is 0.858. The van der Waals surface area contributed by atoms with E-state index >= 15 is 0 Å². The Hall–Kier alpha value is -0.880. The molecule has 0 saturated carbocycles. The van der Waals surface area contributed by atoms with Gasteiger partial charge < -0.3 is 4.52 Å². The maximum absolute atomic E-state index is 10.7. The van der Waals surface area contributed by atoms with Crippen LogP contribution in [0.1, 0.15) is 11.5 Å². The van der Waals surface area contributed by atoms with Gasteiger partial charge in [-0.2, -0.15) is 0 Å². The minimum Gasteiger partial charge on any atom is -0.360 e. The van der Waals surface area contributed by atoms with Crippen molar-refractivity contribution in [2.45, 2.75) is 18.7 Å². The highest BCUT2D eigenvalue weighted by molar-refractivity contribution is 7.88. The van der Waals surface area contributed by atoms with Gasteiger partial charge in [0.1, 0.15) is 10.6 Å². The van der Waals surface area contributed by atoms with Crippen molar-refractivity contribution in [2.75, 3.05) is 0 Å². The molecule has 5 nitrogen and oxygen atoms in total. The van der Waals surface area contributed by atoms with Crippen LogP contribution in [-0.4, -0.2) is 13.6 Å². The van der Waals surface area contributed by atoms with Crippen molar-refractivity contribution in [2.24, 2.45) is 0 Å². The van der Waals surface area contributed by atoms with Gasteiger partial charge in [0, 0.05) is 0 Å². The lowest BCUT2D eigenvalue weighted by atomic mass is 10.4. The third-order valence-corrected chi connectivity index (χ3v) is 2.36. The first-order valence-electron chi connectivity index (χ1n) is 2.85. The van der Waals surface area contributed by atoms with Crippen molar-refractivity contribution in [3.63, 3.8) is 0 Å². The molecule has 0 bridgehead atoms. The van der Waals surface area contributed by atoms with Crippen LogP contribution >= 0.6 is 0 Å². The molecule has 11 heavy (non-hydrogen) atoms.